The number of para-hydroxylation sites is 1. The molecule has 1 aromatic heterocycles. The Balaban J connectivity index is 2.05. The second-order valence-electron chi connectivity index (χ2n) is 5.01. The number of aromatic amines is 1. The van der Waals surface area contributed by atoms with E-state index in [0.717, 1.165) is 16.5 Å². The van der Waals surface area contributed by atoms with Gasteiger partial charge in [-0.15, -0.1) is 0 Å². The Morgan fingerprint density at radius 2 is 1.95 bits per heavy atom. The van der Waals surface area contributed by atoms with Crippen molar-refractivity contribution in [3.05, 3.63) is 53.7 Å². The summed E-state index contributed by atoms with van der Waals surface area (Å²) in [6.07, 6.45) is 1.66. The van der Waals surface area contributed by atoms with Crippen LogP contribution in [0.4, 0.5) is 5.69 Å². The van der Waals surface area contributed by atoms with E-state index in [9.17, 15) is 8.42 Å². The van der Waals surface area contributed by atoms with Crippen LogP contribution in [-0.2, 0) is 10.0 Å². The number of H-pyrrole nitrogens is 1. The minimum atomic E-state index is -3.63. The Hall–Kier alpha value is -2.34. The van der Waals surface area contributed by atoms with Crippen LogP contribution in [0.5, 0.6) is 0 Å². The summed E-state index contributed by atoms with van der Waals surface area (Å²) >= 11 is 0. The molecule has 0 saturated heterocycles. The van der Waals surface area contributed by atoms with Gasteiger partial charge in [0.15, 0.2) is 0 Å². The van der Waals surface area contributed by atoms with Gasteiger partial charge in [0.25, 0.3) is 10.0 Å². The molecule has 0 aliphatic heterocycles. The Morgan fingerprint density at radius 1 is 1.14 bits per heavy atom. The van der Waals surface area contributed by atoms with E-state index >= 15 is 0 Å². The highest BCUT2D eigenvalue weighted by atomic mass is 32.2. The molecule has 0 bridgehead atoms. The summed E-state index contributed by atoms with van der Waals surface area (Å²) in [7, 11) is -3.63. The summed E-state index contributed by atoms with van der Waals surface area (Å²) in [5.41, 5.74) is 2.91. The van der Waals surface area contributed by atoms with Crippen molar-refractivity contribution in [3.63, 3.8) is 0 Å². The van der Waals surface area contributed by atoms with Crippen molar-refractivity contribution in [2.45, 2.75) is 18.7 Å². The molecular weight excluding hydrogens is 286 g/mol. The van der Waals surface area contributed by atoms with Gasteiger partial charge in [0.1, 0.15) is 0 Å². The molecular formula is C15H15N3O2S. The second kappa shape index (κ2) is 4.89. The van der Waals surface area contributed by atoms with Crippen LogP contribution in [-0.4, -0.2) is 18.6 Å². The molecule has 2 aromatic carbocycles. The fourth-order valence-electron chi connectivity index (χ4n) is 2.35. The molecule has 0 fully saturated rings. The number of benzene rings is 2. The lowest BCUT2D eigenvalue weighted by Crippen LogP contribution is -2.14. The Morgan fingerprint density at radius 3 is 2.71 bits per heavy atom. The molecule has 6 heteroatoms. The third kappa shape index (κ3) is 2.50. The largest absolute Gasteiger partial charge is 0.277 e. The van der Waals surface area contributed by atoms with Crippen LogP contribution < -0.4 is 4.72 Å². The second-order valence-corrected chi connectivity index (χ2v) is 6.67. The number of sulfonamides is 1. The zero-order valence-corrected chi connectivity index (χ0v) is 12.5. The topological polar surface area (TPSA) is 74.8 Å². The van der Waals surface area contributed by atoms with Crippen molar-refractivity contribution >= 4 is 26.6 Å². The maximum absolute atomic E-state index is 12.6. The summed E-state index contributed by atoms with van der Waals surface area (Å²) in [5, 5.41) is 7.60. The summed E-state index contributed by atoms with van der Waals surface area (Å²) in [6, 6.07) is 10.6. The van der Waals surface area contributed by atoms with Gasteiger partial charge in [0.05, 0.1) is 22.3 Å². The van der Waals surface area contributed by atoms with Gasteiger partial charge < -0.3 is 0 Å². The van der Waals surface area contributed by atoms with Gasteiger partial charge in [-0.1, -0.05) is 29.8 Å². The van der Waals surface area contributed by atoms with Gasteiger partial charge in [-0.2, -0.15) is 5.10 Å². The Kier molecular flexibility index (Phi) is 3.17. The van der Waals surface area contributed by atoms with Gasteiger partial charge in [0, 0.05) is 5.39 Å². The molecule has 0 aliphatic carbocycles. The SMILES string of the molecule is Cc1ccc(S(=O)(=O)Nc2cccc3cn[nH]c23)c(C)c1. The molecule has 0 atom stereocenters. The molecule has 0 radical (unpaired) electrons. The van der Waals surface area contributed by atoms with Gasteiger partial charge in [-0.25, -0.2) is 8.42 Å². The van der Waals surface area contributed by atoms with Crippen LogP contribution >= 0.6 is 0 Å². The van der Waals surface area contributed by atoms with Crippen molar-refractivity contribution in [1.29, 1.82) is 0 Å². The van der Waals surface area contributed by atoms with Crippen LogP contribution in [0.15, 0.2) is 47.5 Å². The maximum Gasteiger partial charge on any atom is 0.262 e. The lowest BCUT2D eigenvalue weighted by Gasteiger charge is -2.11. The Bertz CT molecular complexity index is 914. The first-order valence-electron chi connectivity index (χ1n) is 6.49. The number of aryl methyl sites for hydroxylation is 2. The van der Waals surface area contributed by atoms with Gasteiger partial charge in [-0.05, 0) is 31.5 Å². The Labute approximate surface area is 123 Å². The molecule has 0 unspecified atom stereocenters. The van der Waals surface area contributed by atoms with Crippen LogP contribution in [0.1, 0.15) is 11.1 Å². The first-order valence-corrected chi connectivity index (χ1v) is 7.98. The van der Waals surface area contributed by atoms with E-state index in [2.05, 4.69) is 14.9 Å². The fourth-order valence-corrected chi connectivity index (χ4v) is 3.65. The van der Waals surface area contributed by atoms with Gasteiger partial charge in [0.2, 0.25) is 0 Å². The summed E-state index contributed by atoms with van der Waals surface area (Å²) in [4.78, 5) is 0.282. The summed E-state index contributed by atoms with van der Waals surface area (Å²) in [6.45, 7) is 3.72. The number of aromatic nitrogens is 2. The zero-order chi connectivity index (χ0) is 15.0. The van der Waals surface area contributed by atoms with E-state index < -0.39 is 10.0 Å². The molecule has 3 rings (SSSR count). The van der Waals surface area contributed by atoms with Crippen LogP contribution in [0.2, 0.25) is 0 Å². The molecule has 1 heterocycles. The zero-order valence-electron chi connectivity index (χ0n) is 11.7. The number of rotatable bonds is 3. The summed E-state index contributed by atoms with van der Waals surface area (Å²) in [5.74, 6) is 0. The van der Waals surface area contributed by atoms with E-state index in [4.69, 9.17) is 0 Å². The number of nitrogens with zero attached hydrogens (tertiary/aromatic N) is 1. The van der Waals surface area contributed by atoms with E-state index in [0.29, 0.717) is 11.2 Å². The average Bonchev–Trinajstić information content (AvgIpc) is 2.87. The highest BCUT2D eigenvalue weighted by Gasteiger charge is 2.18. The fraction of sp³-hybridized carbons (Fsp3) is 0.133. The quantitative estimate of drug-likeness (QED) is 0.781. The number of anilines is 1. The molecule has 0 aliphatic rings. The third-order valence-electron chi connectivity index (χ3n) is 3.34. The smallest absolute Gasteiger partial charge is 0.262 e. The van der Waals surface area contributed by atoms with E-state index in [1.165, 1.54) is 0 Å². The molecule has 2 N–H and O–H groups in total. The number of nitrogens with one attached hydrogen (secondary N) is 2. The van der Waals surface area contributed by atoms with Crippen LogP contribution in [0.25, 0.3) is 10.9 Å². The lowest BCUT2D eigenvalue weighted by molar-refractivity contribution is 0.600. The highest BCUT2D eigenvalue weighted by Crippen LogP contribution is 2.25. The van der Waals surface area contributed by atoms with Crippen molar-refractivity contribution in [3.8, 4) is 0 Å². The molecule has 108 valence electrons. The molecule has 0 amide bonds. The minimum absolute atomic E-state index is 0.282. The minimum Gasteiger partial charge on any atom is -0.277 e. The van der Waals surface area contributed by atoms with Gasteiger partial charge in [-0.3, -0.25) is 9.82 Å². The van der Waals surface area contributed by atoms with Crippen LogP contribution in [0, 0.1) is 13.8 Å². The molecule has 3 aromatic rings. The van der Waals surface area contributed by atoms with Crippen LogP contribution in [0.3, 0.4) is 0 Å². The molecule has 21 heavy (non-hydrogen) atoms. The van der Waals surface area contributed by atoms with Crippen molar-refractivity contribution in [1.82, 2.24) is 10.2 Å². The third-order valence-corrected chi connectivity index (χ3v) is 4.87. The summed E-state index contributed by atoms with van der Waals surface area (Å²) < 4.78 is 27.7. The highest BCUT2D eigenvalue weighted by molar-refractivity contribution is 7.92. The number of hydrogen-bond donors (Lipinski definition) is 2. The predicted octanol–water partition coefficient (Wildman–Crippen LogP) is 2.98. The van der Waals surface area contributed by atoms with Gasteiger partial charge >= 0.3 is 0 Å². The molecule has 0 saturated carbocycles. The standard InChI is InChI=1S/C15H15N3O2S/c1-10-6-7-14(11(2)8-10)21(19,20)18-13-5-3-4-12-9-16-17-15(12)13/h3-9,18H,1-2H3,(H,16,17). The van der Waals surface area contributed by atoms with Crippen molar-refractivity contribution in [2.24, 2.45) is 0 Å². The van der Waals surface area contributed by atoms with E-state index in [1.807, 2.05) is 19.1 Å². The van der Waals surface area contributed by atoms with Crippen molar-refractivity contribution in [2.75, 3.05) is 4.72 Å². The normalized spacial score (nSPS) is 11.7. The number of fused-ring (bicyclic) bond motifs is 1. The van der Waals surface area contributed by atoms with Crippen molar-refractivity contribution < 1.29 is 8.42 Å². The number of hydrogen-bond acceptors (Lipinski definition) is 3. The predicted molar refractivity (Wildman–Crippen MR) is 82.8 cm³/mol. The molecule has 0 spiro atoms. The average molecular weight is 301 g/mol. The lowest BCUT2D eigenvalue weighted by atomic mass is 10.2. The first kappa shape index (κ1) is 13.6. The first-order chi connectivity index (χ1) is 9.97. The molecule has 5 nitrogen and oxygen atoms in total. The maximum atomic E-state index is 12.6. The monoisotopic (exact) mass is 301 g/mol. The van der Waals surface area contributed by atoms with E-state index in [-0.39, 0.29) is 4.90 Å². The van der Waals surface area contributed by atoms with E-state index in [1.54, 1.807) is 37.4 Å².